The van der Waals surface area contributed by atoms with Crippen LogP contribution < -0.4 is 4.57 Å². The van der Waals surface area contributed by atoms with Crippen LogP contribution in [0.2, 0.25) is 0 Å². The van der Waals surface area contributed by atoms with E-state index in [9.17, 15) is 4.79 Å². The van der Waals surface area contributed by atoms with E-state index in [0.29, 0.717) is 0 Å². The number of ketones is 1. The molecule has 0 atom stereocenters. The third-order valence-electron chi connectivity index (χ3n) is 5.94. The molecule has 181 valence electrons. The molecule has 0 amide bonds. The number of hydrogen-bond acceptors (Lipinski definition) is 3. The quantitative estimate of drug-likeness (QED) is 0.0703. The van der Waals surface area contributed by atoms with Crippen LogP contribution in [0.15, 0.2) is 101 Å². The molecule has 1 radical (unpaired) electrons. The van der Waals surface area contributed by atoms with Gasteiger partial charge in [-0.15, -0.1) is 18.2 Å². The molecule has 0 fully saturated rings. The summed E-state index contributed by atoms with van der Waals surface area (Å²) in [6.07, 6.45) is 1.17. The molecule has 4 nitrogen and oxygen atoms in total. The standard InChI is InChI=1S/C26H16NO.C5H8O2.Ir/c1-27-23-15-13-17-7-2-3-8-18(17)19(23)14-16-24(27)22-11-6-10-21-20-9-4-5-12-25(20)28-26(21)22;1-4(6)3-5(2)7;/h2-10,12-16H,1H2;3,6H,1-2H3;/q-1;;/b;4-3-;. The van der Waals surface area contributed by atoms with E-state index in [1.54, 1.807) is 0 Å². The van der Waals surface area contributed by atoms with Crippen molar-refractivity contribution in [2.75, 3.05) is 0 Å². The molecule has 0 unspecified atom stereocenters. The van der Waals surface area contributed by atoms with Gasteiger partial charge in [0.25, 0.3) is 0 Å². The van der Waals surface area contributed by atoms with Gasteiger partial charge in [0.1, 0.15) is 16.8 Å². The van der Waals surface area contributed by atoms with Gasteiger partial charge in [-0.2, -0.15) is 0 Å². The van der Waals surface area contributed by atoms with Crippen LogP contribution in [-0.2, 0) is 24.9 Å². The van der Waals surface area contributed by atoms with Crippen molar-refractivity contribution in [2.45, 2.75) is 13.8 Å². The molecule has 5 heteroatoms. The molecule has 0 saturated heterocycles. The number of hydrogen-bond donors (Lipinski definition) is 1. The fraction of sp³-hybridized carbons (Fsp3) is 0.0645. The fourth-order valence-corrected chi connectivity index (χ4v) is 4.47. The van der Waals surface area contributed by atoms with Gasteiger partial charge in [0.15, 0.2) is 5.78 Å². The van der Waals surface area contributed by atoms with E-state index in [0.717, 1.165) is 38.7 Å². The number of carbonyl (C=O) groups excluding carboxylic acids is 1. The van der Waals surface area contributed by atoms with Crippen LogP contribution in [-0.4, -0.2) is 10.9 Å². The van der Waals surface area contributed by atoms with Crippen LogP contribution in [0.25, 0.3) is 54.9 Å². The summed E-state index contributed by atoms with van der Waals surface area (Å²) in [5.41, 5.74) is 4.73. The topological polar surface area (TPSA) is 54.3 Å². The minimum Gasteiger partial charge on any atom is -0.512 e. The van der Waals surface area contributed by atoms with Gasteiger partial charge in [-0.25, -0.2) is 0 Å². The molecule has 36 heavy (non-hydrogen) atoms. The van der Waals surface area contributed by atoms with Crippen molar-refractivity contribution in [3.05, 3.63) is 110 Å². The molecule has 2 aromatic heterocycles. The first-order chi connectivity index (χ1) is 16.9. The monoisotopic (exact) mass is 651 g/mol. The summed E-state index contributed by atoms with van der Waals surface area (Å²) < 4.78 is 8.19. The van der Waals surface area contributed by atoms with E-state index in [-0.39, 0.29) is 31.6 Å². The van der Waals surface area contributed by atoms with E-state index in [2.05, 4.69) is 73.8 Å². The van der Waals surface area contributed by atoms with Gasteiger partial charge in [0.05, 0.1) is 11.3 Å². The molecule has 0 aliphatic heterocycles. The fourth-order valence-electron chi connectivity index (χ4n) is 4.47. The molecular weight excluding hydrogens is 627 g/mol. The Morgan fingerprint density at radius 2 is 1.61 bits per heavy atom. The Labute approximate surface area is 222 Å². The number of nitrogens with zero attached hydrogens (tertiary/aromatic N) is 1. The van der Waals surface area contributed by atoms with Crippen LogP contribution in [0, 0.1) is 13.1 Å². The second kappa shape index (κ2) is 10.4. The summed E-state index contributed by atoms with van der Waals surface area (Å²) in [5.74, 6) is -0.0625. The van der Waals surface area contributed by atoms with Crippen molar-refractivity contribution in [1.82, 2.24) is 0 Å². The maximum Gasteiger partial charge on any atom is 0.155 e. The number of carbonyl (C=O) groups is 1. The second-order valence-corrected chi connectivity index (χ2v) is 8.46. The van der Waals surface area contributed by atoms with Gasteiger partial charge in [-0.1, -0.05) is 60.0 Å². The molecule has 0 spiro atoms. The summed E-state index contributed by atoms with van der Waals surface area (Å²) in [6, 6.07) is 32.5. The van der Waals surface area contributed by atoms with E-state index >= 15 is 0 Å². The van der Waals surface area contributed by atoms with Crippen LogP contribution >= 0.6 is 0 Å². The number of aliphatic hydroxyl groups is 1. The maximum absolute atomic E-state index is 10.0. The average Bonchev–Trinajstić information content (AvgIpc) is 3.23. The minimum absolute atomic E-state index is 0. The third-order valence-corrected chi connectivity index (χ3v) is 5.94. The summed E-state index contributed by atoms with van der Waals surface area (Å²) in [4.78, 5) is 10.0. The van der Waals surface area contributed by atoms with Crippen molar-refractivity contribution in [3.8, 4) is 11.3 Å². The van der Waals surface area contributed by atoms with Crippen molar-refractivity contribution in [3.63, 3.8) is 0 Å². The van der Waals surface area contributed by atoms with Crippen molar-refractivity contribution < 1.29 is 39.0 Å². The summed E-state index contributed by atoms with van der Waals surface area (Å²) in [6.45, 7) is 2.85. The number of fused-ring (bicyclic) bond motifs is 6. The van der Waals surface area contributed by atoms with E-state index in [1.165, 1.54) is 36.1 Å². The zero-order valence-corrected chi connectivity index (χ0v) is 22.3. The molecular formula is C31H24IrNO3-. The van der Waals surface area contributed by atoms with Crippen LogP contribution in [0.1, 0.15) is 13.8 Å². The molecule has 1 N–H and O–H groups in total. The molecule has 4 aromatic carbocycles. The van der Waals surface area contributed by atoms with E-state index in [4.69, 9.17) is 9.52 Å². The first-order valence-electron chi connectivity index (χ1n) is 11.3. The number of pyridine rings is 1. The van der Waals surface area contributed by atoms with Crippen LogP contribution in [0.3, 0.4) is 0 Å². The predicted octanol–water partition coefficient (Wildman–Crippen LogP) is 7.32. The van der Waals surface area contributed by atoms with Crippen molar-refractivity contribution in [2.24, 2.45) is 0 Å². The number of aliphatic hydroxyl groups excluding tert-OH is 1. The number of aromatic nitrogens is 1. The van der Waals surface area contributed by atoms with Crippen molar-refractivity contribution in [1.29, 1.82) is 0 Å². The molecule has 2 heterocycles. The molecule has 0 bridgehead atoms. The molecule has 0 aliphatic rings. The Bertz CT molecular complexity index is 1760. The average molecular weight is 651 g/mol. The van der Waals surface area contributed by atoms with Gasteiger partial charge in [0.2, 0.25) is 0 Å². The molecule has 0 saturated carbocycles. The number of benzene rings is 4. The first kappa shape index (κ1) is 25.2. The summed E-state index contributed by atoms with van der Waals surface area (Å²) in [7, 11) is 4.35. The van der Waals surface area contributed by atoms with E-state index < -0.39 is 0 Å². The normalized spacial score (nSPS) is 11.3. The number of allylic oxidation sites excluding steroid dienone is 2. The Hall–Kier alpha value is -3.92. The molecule has 6 aromatic rings. The zero-order valence-electron chi connectivity index (χ0n) is 19.9. The maximum atomic E-state index is 10.0. The predicted molar refractivity (Wildman–Crippen MR) is 141 cm³/mol. The number of para-hydroxylation sites is 1. The number of rotatable bonds is 2. The Kier molecular flexibility index (Phi) is 7.25. The zero-order chi connectivity index (χ0) is 24.5. The SMILES string of the molecule is CC(=O)/C=C(/C)O.[CH2-][n+]1c(-c2[c-]ccc3c2oc2ccccc23)ccc2c3ccccc3ccc21.[Ir]. The van der Waals surface area contributed by atoms with Gasteiger partial charge in [0, 0.05) is 38.6 Å². The Balaban J connectivity index is 0.000000338. The first-order valence-corrected chi connectivity index (χ1v) is 11.3. The van der Waals surface area contributed by atoms with Crippen LogP contribution in [0.5, 0.6) is 0 Å². The minimum atomic E-state index is -0.125. The second-order valence-electron chi connectivity index (χ2n) is 8.46. The largest absolute Gasteiger partial charge is 0.512 e. The number of furan rings is 1. The van der Waals surface area contributed by atoms with Gasteiger partial charge in [-0.3, -0.25) is 4.79 Å². The molecule has 6 rings (SSSR count). The van der Waals surface area contributed by atoms with Gasteiger partial charge < -0.3 is 14.1 Å². The Morgan fingerprint density at radius 1 is 0.889 bits per heavy atom. The molecule has 0 aliphatic carbocycles. The van der Waals surface area contributed by atoms with E-state index in [1.807, 2.05) is 28.8 Å². The Morgan fingerprint density at radius 3 is 2.33 bits per heavy atom. The van der Waals surface area contributed by atoms with Gasteiger partial charge >= 0.3 is 0 Å². The summed E-state index contributed by atoms with van der Waals surface area (Å²) >= 11 is 0. The van der Waals surface area contributed by atoms with Crippen molar-refractivity contribution >= 4 is 49.4 Å². The van der Waals surface area contributed by atoms with Gasteiger partial charge in [-0.05, 0) is 53.8 Å². The summed E-state index contributed by atoms with van der Waals surface area (Å²) in [5, 5.41) is 14.2. The van der Waals surface area contributed by atoms with Crippen LogP contribution in [0.4, 0.5) is 0 Å². The third kappa shape index (κ3) is 4.63. The smallest absolute Gasteiger partial charge is 0.155 e.